The Morgan fingerprint density at radius 1 is 1.57 bits per heavy atom. The fourth-order valence-corrected chi connectivity index (χ4v) is 1.61. The SMILES string of the molecule is CCCCC(Cc1nccn1C)NC. The van der Waals surface area contributed by atoms with Crippen LogP contribution >= 0.6 is 0 Å². The van der Waals surface area contributed by atoms with Crippen molar-refractivity contribution < 1.29 is 0 Å². The van der Waals surface area contributed by atoms with Crippen LogP contribution < -0.4 is 5.32 Å². The Kier molecular flexibility index (Phi) is 4.66. The van der Waals surface area contributed by atoms with E-state index in [2.05, 4.69) is 28.8 Å². The third-order valence-electron chi connectivity index (χ3n) is 2.66. The minimum Gasteiger partial charge on any atom is -0.338 e. The first kappa shape index (κ1) is 11.2. The van der Waals surface area contributed by atoms with E-state index in [1.54, 1.807) is 0 Å². The zero-order valence-electron chi connectivity index (χ0n) is 9.45. The Morgan fingerprint density at radius 2 is 2.36 bits per heavy atom. The van der Waals surface area contributed by atoms with E-state index in [4.69, 9.17) is 0 Å². The highest BCUT2D eigenvalue weighted by atomic mass is 15.0. The molecule has 1 rings (SSSR count). The van der Waals surface area contributed by atoms with Crippen LogP contribution in [-0.2, 0) is 13.5 Å². The summed E-state index contributed by atoms with van der Waals surface area (Å²) in [5, 5.41) is 3.35. The highest BCUT2D eigenvalue weighted by Crippen LogP contribution is 2.06. The second kappa shape index (κ2) is 5.81. The molecule has 0 aliphatic heterocycles. The summed E-state index contributed by atoms with van der Waals surface area (Å²) >= 11 is 0. The van der Waals surface area contributed by atoms with Crippen LogP contribution in [0.25, 0.3) is 0 Å². The third-order valence-corrected chi connectivity index (χ3v) is 2.66. The molecule has 3 nitrogen and oxygen atoms in total. The number of hydrogen-bond acceptors (Lipinski definition) is 2. The zero-order valence-corrected chi connectivity index (χ0v) is 9.45. The quantitative estimate of drug-likeness (QED) is 0.749. The maximum Gasteiger partial charge on any atom is 0.109 e. The Hall–Kier alpha value is -0.830. The largest absolute Gasteiger partial charge is 0.338 e. The topological polar surface area (TPSA) is 29.9 Å². The molecule has 1 aromatic heterocycles. The zero-order chi connectivity index (χ0) is 10.4. The average Bonchev–Trinajstić information content (AvgIpc) is 2.59. The van der Waals surface area contributed by atoms with Gasteiger partial charge in [-0.05, 0) is 13.5 Å². The Balaban J connectivity index is 2.44. The van der Waals surface area contributed by atoms with Gasteiger partial charge in [0.15, 0.2) is 0 Å². The molecule has 1 N–H and O–H groups in total. The predicted octanol–water partition coefficient (Wildman–Crippen LogP) is 1.74. The van der Waals surface area contributed by atoms with Crippen molar-refractivity contribution in [2.75, 3.05) is 7.05 Å². The molecule has 3 heteroatoms. The van der Waals surface area contributed by atoms with Crippen LogP contribution in [0.3, 0.4) is 0 Å². The number of aryl methyl sites for hydroxylation is 1. The lowest BCUT2D eigenvalue weighted by Gasteiger charge is -2.15. The normalized spacial score (nSPS) is 13.1. The molecule has 1 heterocycles. The van der Waals surface area contributed by atoms with Gasteiger partial charge in [0, 0.05) is 31.9 Å². The van der Waals surface area contributed by atoms with Gasteiger partial charge in [0.1, 0.15) is 5.82 Å². The molecule has 0 saturated carbocycles. The van der Waals surface area contributed by atoms with Gasteiger partial charge < -0.3 is 9.88 Å². The number of aromatic nitrogens is 2. The van der Waals surface area contributed by atoms with Gasteiger partial charge in [-0.15, -0.1) is 0 Å². The van der Waals surface area contributed by atoms with Crippen LogP contribution in [0.1, 0.15) is 32.0 Å². The summed E-state index contributed by atoms with van der Waals surface area (Å²) in [7, 11) is 4.08. The minimum atomic E-state index is 0.566. The van der Waals surface area contributed by atoms with Crippen molar-refractivity contribution in [2.45, 2.75) is 38.6 Å². The molecular formula is C11H21N3. The number of likely N-dealkylation sites (N-methyl/N-ethyl adjacent to an activating group) is 1. The van der Waals surface area contributed by atoms with E-state index < -0.39 is 0 Å². The maximum absolute atomic E-state index is 4.33. The molecular weight excluding hydrogens is 174 g/mol. The molecule has 14 heavy (non-hydrogen) atoms. The molecule has 0 amide bonds. The van der Waals surface area contributed by atoms with Crippen LogP contribution in [0.2, 0.25) is 0 Å². The number of nitrogens with zero attached hydrogens (tertiary/aromatic N) is 2. The van der Waals surface area contributed by atoms with Crippen LogP contribution in [0.15, 0.2) is 12.4 Å². The van der Waals surface area contributed by atoms with E-state index in [1.807, 2.05) is 19.4 Å². The minimum absolute atomic E-state index is 0.566. The number of hydrogen-bond donors (Lipinski definition) is 1. The number of imidazole rings is 1. The summed E-state index contributed by atoms with van der Waals surface area (Å²) < 4.78 is 2.09. The van der Waals surface area contributed by atoms with Gasteiger partial charge in [0.25, 0.3) is 0 Å². The molecule has 80 valence electrons. The number of nitrogens with one attached hydrogen (secondary N) is 1. The summed E-state index contributed by atoms with van der Waals surface area (Å²) in [6.45, 7) is 2.23. The van der Waals surface area contributed by atoms with Gasteiger partial charge in [-0.2, -0.15) is 0 Å². The van der Waals surface area contributed by atoms with Crippen molar-refractivity contribution in [3.8, 4) is 0 Å². The Bertz CT molecular complexity index is 255. The molecule has 0 bridgehead atoms. The second-order valence-electron chi connectivity index (χ2n) is 3.79. The van der Waals surface area contributed by atoms with Crippen molar-refractivity contribution in [3.05, 3.63) is 18.2 Å². The van der Waals surface area contributed by atoms with E-state index in [0.717, 1.165) is 6.42 Å². The van der Waals surface area contributed by atoms with Gasteiger partial charge in [-0.25, -0.2) is 4.98 Å². The summed E-state index contributed by atoms with van der Waals surface area (Å²) in [6, 6.07) is 0.566. The van der Waals surface area contributed by atoms with Gasteiger partial charge in [-0.3, -0.25) is 0 Å². The fourth-order valence-electron chi connectivity index (χ4n) is 1.61. The number of unbranched alkanes of at least 4 members (excludes halogenated alkanes) is 1. The van der Waals surface area contributed by atoms with E-state index in [0.29, 0.717) is 6.04 Å². The second-order valence-corrected chi connectivity index (χ2v) is 3.79. The summed E-state index contributed by atoms with van der Waals surface area (Å²) in [5.41, 5.74) is 0. The van der Waals surface area contributed by atoms with Crippen molar-refractivity contribution >= 4 is 0 Å². The highest BCUT2D eigenvalue weighted by molar-refractivity contribution is 4.94. The lowest BCUT2D eigenvalue weighted by atomic mass is 10.1. The van der Waals surface area contributed by atoms with Gasteiger partial charge >= 0.3 is 0 Å². The van der Waals surface area contributed by atoms with Crippen LogP contribution in [0, 0.1) is 0 Å². The molecule has 1 aromatic rings. The van der Waals surface area contributed by atoms with Gasteiger partial charge in [0.05, 0.1) is 0 Å². The van der Waals surface area contributed by atoms with Crippen molar-refractivity contribution in [1.29, 1.82) is 0 Å². The molecule has 0 radical (unpaired) electrons. The first-order valence-electron chi connectivity index (χ1n) is 5.41. The first-order valence-corrected chi connectivity index (χ1v) is 5.41. The molecule has 0 aliphatic rings. The van der Waals surface area contributed by atoms with Crippen LogP contribution in [0.5, 0.6) is 0 Å². The smallest absolute Gasteiger partial charge is 0.109 e. The highest BCUT2D eigenvalue weighted by Gasteiger charge is 2.09. The molecule has 0 spiro atoms. The van der Waals surface area contributed by atoms with Crippen molar-refractivity contribution in [1.82, 2.24) is 14.9 Å². The lowest BCUT2D eigenvalue weighted by Crippen LogP contribution is -2.28. The monoisotopic (exact) mass is 195 g/mol. The maximum atomic E-state index is 4.33. The molecule has 0 fully saturated rings. The fraction of sp³-hybridized carbons (Fsp3) is 0.727. The van der Waals surface area contributed by atoms with Crippen LogP contribution in [0.4, 0.5) is 0 Å². The van der Waals surface area contributed by atoms with Crippen LogP contribution in [-0.4, -0.2) is 22.6 Å². The molecule has 0 aliphatic carbocycles. The Morgan fingerprint density at radius 3 is 2.86 bits per heavy atom. The standard InChI is InChI=1S/C11H21N3/c1-4-5-6-10(12-2)9-11-13-7-8-14(11)3/h7-8,10,12H,4-6,9H2,1-3H3. The van der Waals surface area contributed by atoms with Gasteiger partial charge in [0.2, 0.25) is 0 Å². The molecule has 0 saturated heterocycles. The van der Waals surface area contributed by atoms with Crippen molar-refractivity contribution in [2.24, 2.45) is 7.05 Å². The summed E-state index contributed by atoms with van der Waals surface area (Å²) in [5.74, 6) is 1.17. The molecule has 1 atom stereocenters. The van der Waals surface area contributed by atoms with E-state index >= 15 is 0 Å². The molecule has 1 unspecified atom stereocenters. The average molecular weight is 195 g/mol. The number of rotatable bonds is 6. The predicted molar refractivity (Wildman–Crippen MR) is 59.3 cm³/mol. The summed E-state index contributed by atoms with van der Waals surface area (Å²) in [4.78, 5) is 4.33. The van der Waals surface area contributed by atoms with E-state index in [9.17, 15) is 0 Å². The van der Waals surface area contributed by atoms with Crippen molar-refractivity contribution in [3.63, 3.8) is 0 Å². The Labute approximate surface area is 86.5 Å². The molecule has 0 aromatic carbocycles. The lowest BCUT2D eigenvalue weighted by molar-refractivity contribution is 0.484. The first-order chi connectivity index (χ1) is 6.77. The third kappa shape index (κ3) is 3.14. The summed E-state index contributed by atoms with van der Waals surface area (Å²) in [6.07, 6.45) is 8.68. The van der Waals surface area contributed by atoms with E-state index in [-0.39, 0.29) is 0 Å². The van der Waals surface area contributed by atoms with Gasteiger partial charge in [-0.1, -0.05) is 19.8 Å². The van der Waals surface area contributed by atoms with E-state index in [1.165, 1.54) is 25.1 Å².